The molecule has 2 aromatic rings. The van der Waals surface area contributed by atoms with Crippen LogP contribution in [-0.4, -0.2) is 47.0 Å². The van der Waals surface area contributed by atoms with Gasteiger partial charge in [-0.3, -0.25) is 24.6 Å². The van der Waals surface area contributed by atoms with E-state index in [-0.39, 0.29) is 30.5 Å². The van der Waals surface area contributed by atoms with Crippen molar-refractivity contribution in [3.05, 3.63) is 65.2 Å². The maximum absolute atomic E-state index is 13.4. The highest BCUT2D eigenvalue weighted by Crippen LogP contribution is 2.50. The van der Waals surface area contributed by atoms with Crippen molar-refractivity contribution < 1.29 is 24.2 Å². The normalized spacial score (nSPS) is 27.5. The average Bonchev–Trinajstić information content (AvgIpc) is 3.23. The molecule has 31 heavy (non-hydrogen) atoms. The summed E-state index contributed by atoms with van der Waals surface area (Å²) < 4.78 is 5.18. The molecule has 2 fully saturated rings. The number of rotatable bonds is 5. The van der Waals surface area contributed by atoms with Crippen LogP contribution in [0.25, 0.3) is 0 Å². The van der Waals surface area contributed by atoms with E-state index in [1.807, 2.05) is 31.2 Å². The fourth-order valence-electron chi connectivity index (χ4n) is 5.12. The van der Waals surface area contributed by atoms with E-state index >= 15 is 0 Å². The second-order valence-electron chi connectivity index (χ2n) is 8.21. The van der Waals surface area contributed by atoms with Crippen LogP contribution in [0.15, 0.2) is 48.5 Å². The number of methoxy groups -OCH3 is 1. The average molecular weight is 422 g/mol. The van der Waals surface area contributed by atoms with Gasteiger partial charge in [-0.25, -0.2) is 0 Å². The van der Waals surface area contributed by atoms with Crippen LogP contribution in [0.1, 0.15) is 29.7 Å². The van der Waals surface area contributed by atoms with Gasteiger partial charge in [0.1, 0.15) is 11.3 Å². The van der Waals surface area contributed by atoms with Crippen LogP contribution in [0.3, 0.4) is 0 Å². The highest BCUT2D eigenvalue weighted by molar-refractivity contribution is 6.09. The lowest BCUT2D eigenvalue weighted by Gasteiger charge is -2.32. The number of likely N-dealkylation sites (tertiary alicyclic amines) is 1. The van der Waals surface area contributed by atoms with Gasteiger partial charge in [0.15, 0.2) is 0 Å². The largest absolute Gasteiger partial charge is 0.508 e. The number of aryl methyl sites for hydroxylation is 1. The van der Waals surface area contributed by atoms with E-state index in [2.05, 4.69) is 5.32 Å². The lowest BCUT2D eigenvalue weighted by Crippen LogP contribution is -2.57. The summed E-state index contributed by atoms with van der Waals surface area (Å²) in [6, 6.07) is 13.6. The summed E-state index contributed by atoms with van der Waals surface area (Å²) in [6.45, 7) is 3.96. The number of ether oxygens (including phenoxy) is 1. The molecular formula is C24H26N2O5. The standard InChI is InChI=1S/C24H26N2O5/c1-4-26-21(28)18-19(22(26)29)24(23(30)31-3,13-15-9-11-16(27)12-10-15)25-20(18)17-8-6-5-7-14(17)2/h5-12,18-20,25,27H,4,13H2,1-3H3/t18?,19?,20?,24-/m1/s1. The molecule has 2 N–H and O–H groups in total. The predicted molar refractivity (Wildman–Crippen MR) is 113 cm³/mol. The number of nitrogens with one attached hydrogen (secondary N) is 1. The van der Waals surface area contributed by atoms with Crippen LogP contribution in [0.4, 0.5) is 0 Å². The van der Waals surface area contributed by atoms with Crippen LogP contribution >= 0.6 is 0 Å². The number of esters is 1. The summed E-state index contributed by atoms with van der Waals surface area (Å²) in [5.74, 6) is -2.68. The Morgan fingerprint density at radius 3 is 2.42 bits per heavy atom. The minimum Gasteiger partial charge on any atom is -0.508 e. The van der Waals surface area contributed by atoms with Crippen molar-refractivity contribution in [2.45, 2.75) is 31.8 Å². The van der Waals surface area contributed by atoms with Gasteiger partial charge in [-0.05, 0) is 42.7 Å². The zero-order valence-corrected chi connectivity index (χ0v) is 17.8. The number of hydrogen-bond acceptors (Lipinski definition) is 6. The molecule has 2 heterocycles. The van der Waals surface area contributed by atoms with Gasteiger partial charge in [0.2, 0.25) is 11.8 Å². The molecule has 7 nitrogen and oxygen atoms in total. The highest BCUT2D eigenvalue weighted by Gasteiger charge is 2.68. The van der Waals surface area contributed by atoms with Gasteiger partial charge in [0, 0.05) is 19.0 Å². The third-order valence-electron chi connectivity index (χ3n) is 6.55. The van der Waals surface area contributed by atoms with Crippen molar-refractivity contribution in [2.24, 2.45) is 11.8 Å². The first-order chi connectivity index (χ1) is 14.8. The molecule has 2 amide bonds. The lowest BCUT2D eigenvalue weighted by atomic mass is 9.76. The Morgan fingerprint density at radius 1 is 1.13 bits per heavy atom. The van der Waals surface area contributed by atoms with Gasteiger partial charge < -0.3 is 9.84 Å². The van der Waals surface area contributed by atoms with E-state index in [0.717, 1.165) is 16.7 Å². The second kappa shape index (κ2) is 7.81. The molecule has 4 rings (SSSR count). The number of carbonyl (C=O) groups is 3. The second-order valence-corrected chi connectivity index (χ2v) is 8.21. The summed E-state index contributed by atoms with van der Waals surface area (Å²) >= 11 is 0. The molecule has 0 aliphatic carbocycles. The molecule has 0 bridgehead atoms. The van der Waals surface area contributed by atoms with Crippen molar-refractivity contribution >= 4 is 17.8 Å². The summed E-state index contributed by atoms with van der Waals surface area (Å²) in [5, 5.41) is 13.0. The molecule has 0 spiro atoms. The SMILES string of the molecule is CCN1C(=O)C2C(c3ccccc3C)N[C@@](Cc3ccc(O)cc3)(C(=O)OC)C2C1=O. The van der Waals surface area contributed by atoms with Gasteiger partial charge in [0.25, 0.3) is 0 Å². The topological polar surface area (TPSA) is 95.9 Å². The quantitative estimate of drug-likeness (QED) is 0.566. The minimum atomic E-state index is -1.40. The van der Waals surface area contributed by atoms with E-state index in [0.29, 0.717) is 0 Å². The number of amides is 2. The van der Waals surface area contributed by atoms with Crippen molar-refractivity contribution in [3.63, 3.8) is 0 Å². The molecule has 2 aromatic carbocycles. The molecule has 0 saturated carbocycles. The maximum atomic E-state index is 13.4. The smallest absolute Gasteiger partial charge is 0.327 e. The molecule has 0 radical (unpaired) electrons. The van der Waals surface area contributed by atoms with Gasteiger partial charge in [0.05, 0.1) is 18.9 Å². The predicted octanol–water partition coefficient (Wildman–Crippen LogP) is 2.12. The van der Waals surface area contributed by atoms with E-state index in [1.54, 1.807) is 19.1 Å². The van der Waals surface area contributed by atoms with E-state index in [9.17, 15) is 19.5 Å². The Kier molecular flexibility index (Phi) is 5.31. The van der Waals surface area contributed by atoms with Crippen LogP contribution in [0, 0.1) is 18.8 Å². The number of hydrogen-bond donors (Lipinski definition) is 2. The number of imide groups is 1. The molecule has 3 unspecified atom stereocenters. The molecule has 162 valence electrons. The zero-order valence-electron chi connectivity index (χ0n) is 17.8. The minimum absolute atomic E-state index is 0.107. The van der Waals surface area contributed by atoms with Crippen molar-refractivity contribution in [1.29, 1.82) is 0 Å². The Balaban J connectivity index is 1.88. The summed E-state index contributed by atoms with van der Waals surface area (Å²) in [5.41, 5.74) is 1.20. The number of fused-ring (bicyclic) bond motifs is 1. The number of benzene rings is 2. The summed E-state index contributed by atoms with van der Waals surface area (Å²) in [6.07, 6.45) is 0.153. The van der Waals surface area contributed by atoms with Gasteiger partial charge >= 0.3 is 5.97 Å². The van der Waals surface area contributed by atoms with Crippen LogP contribution < -0.4 is 5.32 Å². The third-order valence-corrected chi connectivity index (χ3v) is 6.55. The fraction of sp³-hybridized carbons (Fsp3) is 0.375. The van der Waals surface area contributed by atoms with Crippen molar-refractivity contribution in [2.75, 3.05) is 13.7 Å². The molecule has 0 aromatic heterocycles. The van der Waals surface area contributed by atoms with Gasteiger partial charge in [-0.1, -0.05) is 36.4 Å². The molecule has 2 aliphatic rings. The highest BCUT2D eigenvalue weighted by atomic mass is 16.5. The van der Waals surface area contributed by atoms with Crippen molar-refractivity contribution in [3.8, 4) is 5.75 Å². The number of nitrogens with zero attached hydrogens (tertiary/aromatic N) is 1. The Morgan fingerprint density at radius 2 is 1.81 bits per heavy atom. The number of carbonyl (C=O) groups excluding carboxylic acids is 3. The number of phenols is 1. The monoisotopic (exact) mass is 422 g/mol. The lowest BCUT2D eigenvalue weighted by molar-refractivity contribution is -0.154. The number of phenolic OH excluding ortho intramolecular Hbond substituents is 1. The zero-order chi connectivity index (χ0) is 22.3. The molecule has 2 aliphatic heterocycles. The van der Waals surface area contributed by atoms with Gasteiger partial charge in [-0.15, -0.1) is 0 Å². The van der Waals surface area contributed by atoms with Crippen LogP contribution in [0.5, 0.6) is 5.75 Å². The van der Waals surface area contributed by atoms with E-state index in [1.165, 1.54) is 24.1 Å². The summed E-state index contributed by atoms with van der Waals surface area (Å²) in [7, 11) is 1.29. The Bertz CT molecular complexity index is 1030. The maximum Gasteiger partial charge on any atom is 0.327 e. The first kappa shape index (κ1) is 21.1. The first-order valence-corrected chi connectivity index (χ1v) is 10.4. The van der Waals surface area contributed by atoms with Crippen LogP contribution in [-0.2, 0) is 25.5 Å². The third kappa shape index (κ3) is 3.20. The van der Waals surface area contributed by atoms with E-state index < -0.39 is 29.4 Å². The summed E-state index contributed by atoms with van der Waals surface area (Å²) in [4.78, 5) is 41.2. The molecule has 2 saturated heterocycles. The Hall–Kier alpha value is -3.19. The Labute approximate surface area is 181 Å². The van der Waals surface area contributed by atoms with Crippen molar-refractivity contribution in [1.82, 2.24) is 10.2 Å². The van der Waals surface area contributed by atoms with E-state index in [4.69, 9.17) is 4.74 Å². The van der Waals surface area contributed by atoms with Crippen LogP contribution in [0.2, 0.25) is 0 Å². The fourth-order valence-corrected chi connectivity index (χ4v) is 5.12. The molecular weight excluding hydrogens is 396 g/mol. The molecule has 7 heteroatoms. The van der Waals surface area contributed by atoms with Gasteiger partial charge in [-0.2, -0.15) is 0 Å². The first-order valence-electron chi connectivity index (χ1n) is 10.4. The number of aromatic hydroxyl groups is 1. The molecule has 4 atom stereocenters.